The summed E-state index contributed by atoms with van der Waals surface area (Å²) in [5.74, 6) is 0.218. The Balaban J connectivity index is 2.26. The maximum Gasteiger partial charge on any atom is 0.222 e. The van der Waals surface area contributed by atoms with E-state index in [1.807, 2.05) is 11.9 Å². The van der Waals surface area contributed by atoms with Gasteiger partial charge in [0.1, 0.15) is 0 Å². The van der Waals surface area contributed by atoms with Crippen molar-refractivity contribution in [1.82, 2.24) is 4.90 Å². The highest BCUT2D eigenvalue weighted by atomic mass is 16.5. The zero-order chi connectivity index (χ0) is 13.6. The number of carbonyl (C=O) groups excluding carboxylic acids is 1. The third-order valence-electron chi connectivity index (χ3n) is 3.76. The van der Waals surface area contributed by atoms with E-state index in [4.69, 9.17) is 10.5 Å². The van der Waals surface area contributed by atoms with Crippen LogP contribution in [0.1, 0.15) is 46.0 Å². The summed E-state index contributed by atoms with van der Waals surface area (Å²) in [4.78, 5) is 13.8. The minimum atomic E-state index is 0.162. The molecule has 0 aromatic heterocycles. The van der Waals surface area contributed by atoms with Crippen molar-refractivity contribution < 1.29 is 9.53 Å². The van der Waals surface area contributed by atoms with Gasteiger partial charge in [-0.2, -0.15) is 0 Å². The first-order valence-electron chi connectivity index (χ1n) is 7.00. The minimum Gasteiger partial charge on any atom is -0.376 e. The number of carbonyl (C=O) groups is 1. The molecule has 0 aliphatic carbocycles. The van der Waals surface area contributed by atoms with Crippen LogP contribution in [0, 0.1) is 5.41 Å². The summed E-state index contributed by atoms with van der Waals surface area (Å²) in [6.07, 6.45) is 4.92. The van der Waals surface area contributed by atoms with Gasteiger partial charge in [0.25, 0.3) is 0 Å². The number of nitrogens with zero attached hydrogens (tertiary/aromatic N) is 1. The van der Waals surface area contributed by atoms with Gasteiger partial charge in [0.05, 0.1) is 6.10 Å². The molecule has 18 heavy (non-hydrogen) atoms. The molecule has 4 heteroatoms. The lowest BCUT2D eigenvalue weighted by molar-refractivity contribution is -0.131. The largest absolute Gasteiger partial charge is 0.376 e. The first-order chi connectivity index (χ1) is 8.44. The fraction of sp³-hybridized carbons (Fsp3) is 0.929. The summed E-state index contributed by atoms with van der Waals surface area (Å²) >= 11 is 0. The lowest BCUT2D eigenvalue weighted by Gasteiger charge is -2.26. The highest BCUT2D eigenvalue weighted by Crippen LogP contribution is 2.26. The molecule has 4 nitrogen and oxygen atoms in total. The number of nitrogens with two attached hydrogens (primary N) is 1. The van der Waals surface area contributed by atoms with Crippen LogP contribution in [0.2, 0.25) is 0 Å². The Morgan fingerprint density at radius 3 is 2.72 bits per heavy atom. The van der Waals surface area contributed by atoms with Crippen LogP contribution in [-0.2, 0) is 9.53 Å². The molecule has 1 atom stereocenters. The summed E-state index contributed by atoms with van der Waals surface area (Å²) < 4.78 is 5.55. The Morgan fingerprint density at radius 1 is 1.44 bits per heavy atom. The zero-order valence-corrected chi connectivity index (χ0v) is 12.1. The van der Waals surface area contributed by atoms with Gasteiger partial charge in [0.15, 0.2) is 0 Å². The molecule has 1 fully saturated rings. The molecular weight excluding hydrogens is 228 g/mol. The molecule has 1 aliphatic heterocycles. The van der Waals surface area contributed by atoms with Gasteiger partial charge in [0.2, 0.25) is 5.91 Å². The Bertz CT molecular complexity index is 261. The molecule has 1 aliphatic rings. The van der Waals surface area contributed by atoms with Crippen LogP contribution in [0.4, 0.5) is 0 Å². The topological polar surface area (TPSA) is 55.6 Å². The second-order valence-corrected chi connectivity index (χ2v) is 6.11. The van der Waals surface area contributed by atoms with Crippen LogP contribution in [0.25, 0.3) is 0 Å². The van der Waals surface area contributed by atoms with E-state index in [9.17, 15) is 4.79 Å². The van der Waals surface area contributed by atoms with E-state index >= 15 is 0 Å². The van der Waals surface area contributed by atoms with Crippen LogP contribution in [0.15, 0.2) is 0 Å². The Kier molecular flexibility index (Phi) is 6.09. The number of hydrogen-bond donors (Lipinski definition) is 1. The SMILES string of the molecule is CN(CC1CCCO1)C(=O)CCC(C)(C)CCN. The summed E-state index contributed by atoms with van der Waals surface area (Å²) in [6.45, 7) is 6.61. The quantitative estimate of drug-likeness (QED) is 0.755. The maximum atomic E-state index is 12.0. The standard InChI is InChI=1S/C14H28N2O2/c1-14(2,8-9-15)7-6-13(17)16(3)11-12-5-4-10-18-12/h12H,4-11,15H2,1-3H3. The van der Waals surface area contributed by atoms with Crippen LogP contribution in [0.5, 0.6) is 0 Å². The molecule has 1 rings (SSSR count). The zero-order valence-electron chi connectivity index (χ0n) is 12.1. The van der Waals surface area contributed by atoms with Crippen molar-refractivity contribution >= 4 is 5.91 Å². The molecule has 1 heterocycles. The lowest BCUT2D eigenvalue weighted by Crippen LogP contribution is -2.34. The monoisotopic (exact) mass is 256 g/mol. The van der Waals surface area contributed by atoms with E-state index in [-0.39, 0.29) is 17.4 Å². The number of amides is 1. The van der Waals surface area contributed by atoms with Gasteiger partial charge in [-0.15, -0.1) is 0 Å². The molecular formula is C14H28N2O2. The van der Waals surface area contributed by atoms with Crippen LogP contribution >= 0.6 is 0 Å². The average molecular weight is 256 g/mol. The van der Waals surface area contributed by atoms with E-state index in [0.29, 0.717) is 13.0 Å². The third-order valence-corrected chi connectivity index (χ3v) is 3.76. The Labute approximate surface area is 111 Å². The van der Waals surface area contributed by atoms with Gasteiger partial charge in [-0.25, -0.2) is 0 Å². The van der Waals surface area contributed by atoms with E-state index in [1.165, 1.54) is 0 Å². The van der Waals surface area contributed by atoms with Gasteiger partial charge in [-0.05, 0) is 37.6 Å². The molecule has 1 saturated heterocycles. The Hall–Kier alpha value is -0.610. The minimum absolute atomic E-state index is 0.162. The van der Waals surface area contributed by atoms with Gasteiger partial charge in [-0.1, -0.05) is 13.8 Å². The van der Waals surface area contributed by atoms with Crippen molar-refractivity contribution in [2.45, 2.75) is 52.1 Å². The third kappa shape index (κ3) is 5.36. The predicted molar refractivity (Wildman–Crippen MR) is 73.3 cm³/mol. The second kappa shape index (κ2) is 7.10. The smallest absolute Gasteiger partial charge is 0.222 e. The van der Waals surface area contributed by atoms with Crippen molar-refractivity contribution in [3.63, 3.8) is 0 Å². The molecule has 0 aromatic rings. The van der Waals surface area contributed by atoms with Gasteiger partial charge >= 0.3 is 0 Å². The summed E-state index contributed by atoms with van der Waals surface area (Å²) in [6, 6.07) is 0. The normalized spacial score (nSPS) is 20.1. The van der Waals surface area contributed by atoms with E-state index in [1.54, 1.807) is 0 Å². The van der Waals surface area contributed by atoms with Gasteiger partial charge < -0.3 is 15.4 Å². The van der Waals surface area contributed by atoms with Gasteiger partial charge in [-0.3, -0.25) is 4.79 Å². The van der Waals surface area contributed by atoms with E-state index in [0.717, 1.165) is 38.8 Å². The first-order valence-corrected chi connectivity index (χ1v) is 7.00. The second-order valence-electron chi connectivity index (χ2n) is 6.11. The van der Waals surface area contributed by atoms with Crippen molar-refractivity contribution in [3.8, 4) is 0 Å². The molecule has 0 bridgehead atoms. The number of ether oxygens (including phenoxy) is 1. The van der Waals surface area contributed by atoms with Crippen molar-refractivity contribution in [2.75, 3.05) is 26.7 Å². The van der Waals surface area contributed by atoms with Crippen molar-refractivity contribution in [2.24, 2.45) is 11.1 Å². The lowest BCUT2D eigenvalue weighted by atomic mass is 9.84. The molecule has 0 saturated carbocycles. The van der Waals surface area contributed by atoms with Crippen molar-refractivity contribution in [3.05, 3.63) is 0 Å². The number of rotatable bonds is 7. The highest BCUT2D eigenvalue weighted by molar-refractivity contribution is 5.75. The fourth-order valence-corrected chi connectivity index (χ4v) is 2.35. The molecule has 1 unspecified atom stereocenters. The van der Waals surface area contributed by atoms with Crippen LogP contribution in [0.3, 0.4) is 0 Å². The molecule has 2 N–H and O–H groups in total. The maximum absolute atomic E-state index is 12.0. The predicted octanol–water partition coefficient (Wildman–Crippen LogP) is 1.78. The molecule has 0 radical (unpaired) electrons. The summed E-state index contributed by atoms with van der Waals surface area (Å²) in [5, 5.41) is 0. The average Bonchev–Trinajstić information content (AvgIpc) is 2.78. The first kappa shape index (κ1) is 15.4. The fourth-order valence-electron chi connectivity index (χ4n) is 2.35. The summed E-state index contributed by atoms with van der Waals surface area (Å²) in [7, 11) is 1.87. The summed E-state index contributed by atoms with van der Waals surface area (Å²) in [5.41, 5.74) is 5.74. The van der Waals surface area contributed by atoms with Crippen LogP contribution in [-0.4, -0.2) is 43.7 Å². The van der Waals surface area contributed by atoms with E-state index in [2.05, 4.69) is 13.8 Å². The van der Waals surface area contributed by atoms with Gasteiger partial charge in [0, 0.05) is 26.6 Å². The molecule has 106 valence electrons. The molecule has 0 aromatic carbocycles. The number of likely N-dealkylation sites (N-methyl/N-ethyl adjacent to an activating group) is 1. The van der Waals surface area contributed by atoms with Crippen LogP contribution < -0.4 is 5.73 Å². The Morgan fingerprint density at radius 2 is 2.17 bits per heavy atom. The molecule has 0 spiro atoms. The number of hydrogen-bond acceptors (Lipinski definition) is 3. The molecule has 1 amide bonds. The van der Waals surface area contributed by atoms with E-state index < -0.39 is 0 Å². The van der Waals surface area contributed by atoms with Crippen molar-refractivity contribution in [1.29, 1.82) is 0 Å². The highest BCUT2D eigenvalue weighted by Gasteiger charge is 2.22.